The minimum Gasteiger partial charge on any atom is -0.385 e. The number of rotatable bonds is 9. The average Bonchev–Trinajstić information content (AvgIpc) is 2.73. The Balaban J connectivity index is 2.43. The predicted molar refractivity (Wildman–Crippen MR) is 132 cm³/mol. The second-order valence-electron chi connectivity index (χ2n) is 8.95. The van der Waals surface area contributed by atoms with Crippen LogP contribution >= 0.6 is 0 Å². The number of amides is 2. The lowest BCUT2D eigenvalue weighted by Crippen LogP contribution is -2.33. The first-order chi connectivity index (χ1) is 15.5. The maximum Gasteiger partial charge on any atom is 0.323 e. The van der Waals surface area contributed by atoms with E-state index in [2.05, 4.69) is 48.3 Å². The molecule has 0 aliphatic heterocycles. The van der Waals surface area contributed by atoms with Gasteiger partial charge in [-0.2, -0.15) is 5.10 Å². The lowest BCUT2D eigenvalue weighted by Gasteiger charge is -2.31. The van der Waals surface area contributed by atoms with Gasteiger partial charge < -0.3 is 27.1 Å². The Bertz CT molecular complexity index is 983. The number of carbonyl (C=O) groups excluding carboxylic acids is 1. The second kappa shape index (κ2) is 11.5. The van der Waals surface area contributed by atoms with Crippen molar-refractivity contribution in [3.05, 3.63) is 53.6 Å². The number of nitrogens with two attached hydrogens (primary N) is 2. The SMILES string of the molecule is CC(C)CN(CC(C)C)c1ccc(C(C)/C(N)=N/N)cc1NC(=O)Nc1ccc(F)cc1F. The summed E-state index contributed by atoms with van der Waals surface area (Å²) in [5, 5.41) is 8.83. The van der Waals surface area contributed by atoms with Gasteiger partial charge in [-0.05, 0) is 41.7 Å². The van der Waals surface area contributed by atoms with Crippen molar-refractivity contribution >= 4 is 28.9 Å². The highest BCUT2D eigenvalue weighted by Crippen LogP contribution is 2.32. The summed E-state index contributed by atoms with van der Waals surface area (Å²) >= 11 is 0. The molecule has 33 heavy (non-hydrogen) atoms. The van der Waals surface area contributed by atoms with Gasteiger partial charge in [-0.15, -0.1) is 0 Å². The molecule has 2 aromatic rings. The fraction of sp³-hybridized carbons (Fsp3) is 0.417. The van der Waals surface area contributed by atoms with E-state index < -0.39 is 17.7 Å². The third-order valence-corrected chi connectivity index (χ3v) is 5.05. The summed E-state index contributed by atoms with van der Waals surface area (Å²) in [5.41, 5.74) is 7.95. The number of anilines is 3. The number of nitrogens with zero attached hydrogens (tertiary/aromatic N) is 2. The monoisotopic (exact) mass is 460 g/mol. The highest BCUT2D eigenvalue weighted by molar-refractivity contribution is 6.02. The van der Waals surface area contributed by atoms with Crippen molar-refractivity contribution in [1.29, 1.82) is 0 Å². The van der Waals surface area contributed by atoms with Crippen LogP contribution in [0.1, 0.15) is 46.1 Å². The number of hydrogen-bond donors (Lipinski definition) is 4. The van der Waals surface area contributed by atoms with Crippen LogP contribution in [0.3, 0.4) is 0 Å². The highest BCUT2D eigenvalue weighted by Gasteiger charge is 2.19. The topological polar surface area (TPSA) is 109 Å². The first-order valence-corrected chi connectivity index (χ1v) is 11.0. The number of urea groups is 1. The fourth-order valence-corrected chi connectivity index (χ4v) is 3.50. The molecule has 0 saturated carbocycles. The van der Waals surface area contributed by atoms with Gasteiger partial charge in [-0.1, -0.05) is 40.7 Å². The Hall–Kier alpha value is -3.36. The Morgan fingerprint density at radius 2 is 1.58 bits per heavy atom. The quantitative estimate of drug-likeness (QED) is 0.181. The average molecular weight is 461 g/mol. The van der Waals surface area contributed by atoms with Gasteiger partial charge in [0.15, 0.2) is 0 Å². The summed E-state index contributed by atoms with van der Waals surface area (Å²) in [7, 11) is 0. The minimum absolute atomic E-state index is 0.124. The van der Waals surface area contributed by atoms with E-state index in [9.17, 15) is 13.6 Å². The van der Waals surface area contributed by atoms with Crippen LogP contribution in [0.15, 0.2) is 41.5 Å². The van der Waals surface area contributed by atoms with Gasteiger partial charge in [0.1, 0.15) is 17.5 Å². The van der Waals surface area contributed by atoms with Crippen LogP contribution < -0.4 is 27.1 Å². The molecule has 0 aromatic heterocycles. The molecular formula is C24H34F2N6O. The van der Waals surface area contributed by atoms with E-state index in [-0.39, 0.29) is 17.4 Å². The maximum absolute atomic E-state index is 14.0. The zero-order chi connectivity index (χ0) is 24.7. The van der Waals surface area contributed by atoms with E-state index in [1.807, 2.05) is 25.1 Å². The van der Waals surface area contributed by atoms with Crippen LogP contribution in [-0.2, 0) is 0 Å². The molecule has 1 atom stereocenters. The molecule has 0 bridgehead atoms. The Morgan fingerprint density at radius 1 is 0.970 bits per heavy atom. The maximum atomic E-state index is 14.0. The van der Waals surface area contributed by atoms with Crippen molar-refractivity contribution in [2.24, 2.45) is 28.5 Å². The third-order valence-electron chi connectivity index (χ3n) is 5.05. The first-order valence-electron chi connectivity index (χ1n) is 11.0. The summed E-state index contributed by atoms with van der Waals surface area (Å²) in [6, 6.07) is 7.97. The molecule has 0 aliphatic rings. The third kappa shape index (κ3) is 7.34. The number of carbonyl (C=O) groups is 1. The van der Waals surface area contributed by atoms with Gasteiger partial charge in [0.25, 0.3) is 0 Å². The molecule has 6 N–H and O–H groups in total. The predicted octanol–water partition coefficient (Wildman–Crippen LogP) is 5.06. The van der Waals surface area contributed by atoms with E-state index in [0.717, 1.165) is 30.4 Å². The molecule has 7 nitrogen and oxygen atoms in total. The Kier molecular flexibility index (Phi) is 9.02. The van der Waals surface area contributed by atoms with Crippen molar-refractivity contribution < 1.29 is 13.6 Å². The largest absolute Gasteiger partial charge is 0.385 e. The summed E-state index contributed by atoms with van der Waals surface area (Å²) < 4.78 is 27.2. The van der Waals surface area contributed by atoms with E-state index in [4.69, 9.17) is 11.6 Å². The lowest BCUT2D eigenvalue weighted by molar-refractivity contribution is 0.262. The van der Waals surface area contributed by atoms with Crippen molar-refractivity contribution in [3.63, 3.8) is 0 Å². The molecule has 9 heteroatoms. The number of amidine groups is 1. The number of hydrazone groups is 1. The van der Waals surface area contributed by atoms with Crippen LogP contribution in [0.25, 0.3) is 0 Å². The Morgan fingerprint density at radius 3 is 2.12 bits per heavy atom. The molecule has 0 spiro atoms. The molecule has 2 amide bonds. The summed E-state index contributed by atoms with van der Waals surface area (Å²) in [6.07, 6.45) is 0. The first kappa shape index (κ1) is 25.9. The molecular weight excluding hydrogens is 426 g/mol. The minimum atomic E-state index is -0.860. The molecule has 0 radical (unpaired) electrons. The van der Waals surface area contributed by atoms with Crippen LogP contribution in [0.2, 0.25) is 0 Å². The van der Waals surface area contributed by atoms with Crippen molar-refractivity contribution in [2.75, 3.05) is 28.6 Å². The number of benzene rings is 2. The van der Waals surface area contributed by atoms with Crippen LogP contribution in [0.4, 0.5) is 30.6 Å². The fourth-order valence-electron chi connectivity index (χ4n) is 3.50. The normalized spacial score (nSPS) is 12.7. The van der Waals surface area contributed by atoms with E-state index in [0.29, 0.717) is 23.6 Å². The van der Waals surface area contributed by atoms with Gasteiger partial charge in [-0.3, -0.25) is 0 Å². The molecule has 1 unspecified atom stereocenters. The molecule has 180 valence electrons. The van der Waals surface area contributed by atoms with Crippen LogP contribution in [-0.4, -0.2) is 25.0 Å². The molecule has 0 aliphatic carbocycles. The van der Waals surface area contributed by atoms with Gasteiger partial charge >= 0.3 is 6.03 Å². The standard InChI is InChI=1S/C24H34F2N6O/c1-14(2)12-32(13-15(3)4)22-9-6-17(16(5)23(27)31-28)10-21(22)30-24(33)29-20-8-7-18(25)11-19(20)26/h6-11,14-16H,12-13,28H2,1-5H3,(H2,27,31)(H2,29,30,33). The van der Waals surface area contributed by atoms with Crippen LogP contribution in [0, 0.1) is 23.5 Å². The van der Waals surface area contributed by atoms with E-state index in [1.165, 1.54) is 6.07 Å². The molecule has 0 heterocycles. The smallest absolute Gasteiger partial charge is 0.323 e. The molecule has 2 aromatic carbocycles. The summed E-state index contributed by atoms with van der Waals surface area (Å²) in [4.78, 5) is 14.9. The number of halogens is 2. The van der Waals surface area contributed by atoms with Gasteiger partial charge in [-0.25, -0.2) is 13.6 Å². The zero-order valence-corrected chi connectivity index (χ0v) is 19.8. The van der Waals surface area contributed by atoms with Crippen LogP contribution in [0.5, 0.6) is 0 Å². The van der Waals surface area contributed by atoms with Gasteiger partial charge in [0.2, 0.25) is 0 Å². The Labute approximate surface area is 194 Å². The lowest BCUT2D eigenvalue weighted by atomic mass is 9.98. The van der Waals surface area contributed by atoms with E-state index >= 15 is 0 Å². The number of nitrogens with one attached hydrogen (secondary N) is 2. The number of hydrogen-bond acceptors (Lipinski definition) is 4. The molecule has 0 fully saturated rings. The van der Waals surface area contributed by atoms with Gasteiger partial charge in [0, 0.05) is 25.1 Å². The van der Waals surface area contributed by atoms with Gasteiger partial charge in [0.05, 0.1) is 17.1 Å². The van der Waals surface area contributed by atoms with Crippen molar-refractivity contribution in [2.45, 2.75) is 40.5 Å². The summed E-state index contributed by atoms with van der Waals surface area (Å²) in [5.74, 6) is 4.52. The highest BCUT2D eigenvalue weighted by atomic mass is 19.1. The van der Waals surface area contributed by atoms with Crippen molar-refractivity contribution in [1.82, 2.24) is 0 Å². The van der Waals surface area contributed by atoms with E-state index in [1.54, 1.807) is 0 Å². The summed E-state index contributed by atoms with van der Waals surface area (Å²) in [6.45, 7) is 11.9. The molecule has 0 saturated heterocycles. The second-order valence-corrected chi connectivity index (χ2v) is 8.95. The molecule has 2 rings (SSSR count). The van der Waals surface area contributed by atoms with Crippen molar-refractivity contribution in [3.8, 4) is 0 Å². The zero-order valence-electron chi connectivity index (χ0n) is 19.8.